The molecule has 0 amide bonds. The molecule has 0 aliphatic heterocycles. The molecule has 2 aromatic carbocycles. The molecule has 2 heteroatoms. The largest absolute Gasteiger partial charge is 0.398 e. The van der Waals surface area contributed by atoms with Gasteiger partial charge < -0.3 is 10.8 Å². The molecule has 2 aromatic rings. The Hall–Kier alpha value is -1.80. The third kappa shape index (κ3) is 3.61. The number of rotatable bonds is 5. The molecule has 0 aliphatic rings. The van der Waals surface area contributed by atoms with E-state index in [1.54, 1.807) is 0 Å². The molecule has 0 heterocycles. The van der Waals surface area contributed by atoms with Gasteiger partial charge in [0.2, 0.25) is 0 Å². The van der Waals surface area contributed by atoms with Crippen molar-refractivity contribution in [2.24, 2.45) is 5.92 Å². The molecule has 3 N–H and O–H groups in total. The number of aliphatic hydroxyl groups is 1. The molecule has 106 valence electrons. The standard InChI is InChI=1S/C18H23NO/c1-13(2)8-9-14-10-11-16(12-17(14)19)18(20)15-6-4-3-5-7-15/h3-7,10-13,18,20H,8-9,19H2,1-2H3. The van der Waals surface area contributed by atoms with Crippen LogP contribution in [0.1, 0.15) is 43.1 Å². The molecular weight excluding hydrogens is 246 g/mol. The first-order valence-corrected chi connectivity index (χ1v) is 7.19. The van der Waals surface area contributed by atoms with Crippen molar-refractivity contribution in [3.05, 3.63) is 65.2 Å². The van der Waals surface area contributed by atoms with Crippen molar-refractivity contribution in [2.45, 2.75) is 32.8 Å². The summed E-state index contributed by atoms with van der Waals surface area (Å²) >= 11 is 0. The lowest BCUT2D eigenvalue weighted by Crippen LogP contribution is -2.03. The molecule has 2 nitrogen and oxygen atoms in total. The molecule has 20 heavy (non-hydrogen) atoms. The number of hydrogen-bond donors (Lipinski definition) is 2. The Morgan fingerprint density at radius 2 is 1.70 bits per heavy atom. The minimum Gasteiger partial charge on any atom is -0.398 e. The van der Waals surface area contributed by atoms with Gasteiger partial charge in [0.1, 0.15) is 6.10 Å². The maximum Gasteiger partial charge on any atom is 0.104 e. The zero-order valence-electron chi connectivity index (χ0n) is 12.2. The predicted molar refractivity (Wildman–Crippen MR) is 84.5 cm³/mol. The minimum atomic E-state index is -0.613. The second kappa shape index (κ2) is 6.58. The molecule has 0 aromatic heterocycles. The van der Waals surface area contributed by atoms with Gasteiger partial charge in [-0.2, -0.15) is 0 Å². The number of anilines is 1. The van der Waals surface area contributed by atoms with Crippen LogP contribution in [0.5, 0.6) is 0 Å². The second-order valence-electron chi connectivity index (χ2n) is 5.70. The fourth-order valence-electron chi connectivity index (χ4n) is 2.28. The van der Waals surface area contributed by atoms with Crippen molar-refractivity contribution in [3.63, 3.8) is 0 Å². The van der Waals surface area contributed by atoms with Crippen LogP contribution in [0.4, 0.5) is 5.69 Å². The zero-order valence-corrected chi connectivity index (χ0v) is 12.2. The van der Waals surface area contributed by atoms with E-state index in [4.69, 9.17) is 5.73 Å². The molecule has 0 radical (unpaired) electrons. The number of nitrogen functional groups attached to an aromatic ring is 1. The van der Waals surface area contributed by atoms with Crippen LogP contribution in [-0.4, -0.2) is 5.11 Å². The number of aryl methyl sites for hydroxylation is 1. The average Bonchev–Trinajstić information content (AvgIpc) is 2.46. The number of hydrogen-bond acceptors (Lipinski definition) is 2. The number of nitrogens with two attached hydrogens (primary N) is 1. The highest BCUT2D eigenvalue weighted by molar-refractivity contribution is 5.50. The summed E-state index contributed by atoms with van der Waals surface area (Å²) < 4.78 is 0. The Balaban J connectivity index is 2.16. The lowest BCUT2D eigenvalue weighted by Gasteiger charge is -2.14. The highest BCUT2D eigenvalue weighted by Gasteiger charge is 2.11. The van der Waals surface area contributed by atoms with Gasteiger partial charge in [-0.05, 0) is 41.5 Å². The van der Waals surface area contributed by atoms with Crippen LogP contribution in [0.3, 0.4) is 0 Å². The zero-order chi connectivity index (χ0) is 14.5. The van der Waals surface area contributed by atoms with Gasteiger partial charge in [-0.15, -0.1) is 0 Å². The van der Waals surface area contributed by atoms with Gasteiger partial charge in [0.05, 0.1) is 0 Å². The molecule has 0 bridgehead atoms. The lowest BCUT2D eigenvalue weighted by atomic mass is 9.96. The third-order valence-electron chi connectivity index (χ3n) is 3.59. The van der Waals surface area contributed by atoms with Crippen LogP contribution in [-0.2, 0) is 6.42 Å². The molecule has 0 saturated carbocycles. The summed E-state index contributed by atoms with van der Waals surface area (Å²) in [5.74, 6) is 0.670. The molecule has 1 unspecified atom stereocenters. The molecular formula is C18H23NO. The first-order chi connectivity index (χ1) is 9.58. The van der Waals surface area contributed by atoms with E-state index >= 15 is 0 Å². The summed E-state index contributed by atoms with van der Waals surface area (Å²) in [6, 6.07) is 15.6. The molecule has 1 atom stereocenters. The van der Waals surface area contributed by atoms with E-state index in [1.807, 2.05) is 48.5 Å². The van der Waals surface area contributed by atoms with Crippen LogP contribution in [0, 0.1) is 5.92 Å². The van der Waals surface area contributed by atoms with Crippen molar-refractivity contribution in [1.29, 1.82) is 0 Å². The molecule has 0 spiro atoms. The van der Waals surface area contributed by atoms with E-state index in [0.717, 1.165) is 29.7 Å². The van der Waals surface area contributed by atoms with Gasteiger partial charge in [0, 0.05) is 5.69 Å². The fourth-order valence-corrected chi connectivity index (χ4v) is 2.28. The first kappa shape index (κ1) is 14.6. The monoisotopic (exact) mass is 269 g/mol. The van der Waals surface area contributed by atoms with Crippen LogP contribution in [0.25, 0.3) is 0 Å². The highest BCUT2D eigenvalue weighted by Crippen LogP contribution is 2.26. The number of benzene rings is 2. The first-order valence-electron chi connectivity index (χ1n) is 7.19. The topological polar surface area (TPSA) is 46.2 Å². The Kier molecular flexibility index (Phi) is 4.80. The summed E-state index contributed by atoms with van der Waals surface area (Å²) in [5, 5.41) is 10.4. The summed E-state index contributed by atoms with van der Waals surface area (Å²) in [6.07, 6.45) is 1.51. The normalized spacial score (nSPS) is 12.6. The van der Waals surface area contributed by atoms with E-state index in [1.165, 1.54) is 5.56 Å². The Morgan fingerprint density at radius 3 is 2.30 bits per heavy atom. The fraction of sp³-hybridized carbons (Fsp3) is 0.333. The van der Waals surface area contributed by atoms with Crippen molar-refractivity contribution >= 4 is 5.69 Å². The van der Waals surface area contributed by atoms with Gasteiger partial charge in [-0.25, -0.2) is 0 Å². The van der Waals surface area contributed by atoms with Gasteiger partial charge in [-0.1, -0.05) is 56.3 Å². The van der Waals surface area contributed by atoms with Crippen molar-refractivity contribution < 1.29 is 5.11 Å². The maximum atomic E-state index is 10.4. The Labute approximate surface area is 121 Å². The second-order valence-corrected chi connectivity index (χ2v) is 5.70. The predicted octanol–water partition coefficient (Wildman–Crippen LogP) is 3.94. The average molecular weight is 269 g/mol. The molecule has 0 aliphatic carbocycles. The summed E-state index contributed by atoms with van der Waals surface area (Å²) in [7, 11) is 0. The Bertz CT molecular complexity index is 549. The summed E-state index contributed by atoms with van der Waals surface area (Å²) in [6.45, 7) is 4.42. The summed E-state index contributed by atoms with van der Waals surface area (Å²) in [4.78, 5) is 0. The van der Waals surface area contributed by atoms with Crippen LogP contribution < -0.4 is 5.73 Å². The molecule has 2 rings (SSSR count). The minimum absolute atomic E-state index is 0.613. The number of aliphatic hydroxyl groups excluding tert-OH is 1. The van der Waals surface area contributed by atoms with E-state index in [0.29, 0.717) is 5.92 Å². The maximum absolute atomic E-state index is 10.4. The van der Waals surface area contributed by atoms with Crippen molar-refractivity contribution in [3.8, 4) is 0 Å². The van der Waals surface area contributed by atoms with Crippen molar-refractivity contribution in [1.82, 2.24) is 0 Å². The SMILES string of the molecule is CC(C)CCc1ccc(C(O)c2ccccc2)cc1N. The van der Waals surface area contributed by atoms with Crippen LogP contribution in [0.2, 0.25) is 0 Å². The van der Waals surface area contributed by atoms with Crippen LogP contribution in [0.15, 0.2) is 48.5 Å². The van der Waals surface area contributed by atoms with Gasteiger partial charge in [-0.3, -0.25) is 0 Å². The van der Waals surface area contributed by atoms with E-state index < -0.39 is 6.10 Å². The molecule has 0 fully saturated rings. The summed E-state index contributed by atoms with van der Waals surface area (Å²) in [5.41, 5.74) is 9.80. The van der Waals surface area contributed by atoms with E-state index in [2.05, 4.69) is 13.8 Å². The highest BCUT2D eigenvalue weighted by atomic mass is 16.3. The third-order valence-corrected chi connectivity index (χ3v) is 3.59. The van der Waals surface area contributed by atoms with Gasteiger partial charge >= 0.3 is 0 Å². The lowest BCUT2D eigenvalue weighted by molar-refractivity contribution is 0.220. The van der Waals surface area contributed by atoms with E-state index in [-0.39, 0.29) is 0 Å². The van der Waals surface area contributed by atoms with Gasteiger partial charge in [0.15, 0.2) is 0 Å². The molecule has 0 saturated heterocycles. The Morgan fingerprint density at radius 1 is 1.00 bits per heavy atom. The quantitative estimate of drug-likeness (QED) is 0.808. The van der Waals surface area contributed by atoms with Gasteiger partial charge in [0.25, 0.3) is 0 Å². The van der Waals surface area contributed by atoms with Crippen molar-refractivity contribution in [2.75, 3.05) is 5.73 Å². The smallest absolute Gasteiger partial charge is 0.104 e. The van der Waals surface area contributed by atoms with Crippen LogP contribution >= 0.6 is 0 Å². The van der Waals surface area contributed by atoms with E-state index in [9.17, 15) is 5.11 Å².